The van der Waals surface area contributed by atoms with Crippen LogP contribution in [0.25, 0.3) is 11.1 Å². The van der Waals surface area contributed by atoms with E-state index in [0.29, 0.717) is 10.6 Å². The van der Waals surface area contributed by atoms with Crippen LogP contribution in [0.5, 0.6) is 0 Å². The molecule has 9 heteroatoms. The lowest BCUT2D eigenvalue weighted by Crippen LogP contribution is -2.41. The van der Waals surface area contributed by atoms with Gasteiger partial charge in [0, 0.05) is 23.6 Å². The number of allylic oxidation sites excluding steroid dienone is 1. The Balaban J connectivity index is 2.20. The first-order valence-corrected chi connectivity index (χ1v) is 10.2. The molecule has 0 saturated carbocycles. The minimum atomic E-state index is -0.797. The van der Waals surface area contributed by atoms with E-state index in [-0.39, 0.29) is 18.0 Å². The molecule has 0 aliphatic rings. The van der Waals surface area contributed by atoms with Crippen LogP contribution in [0.1, 0.15) is 24.2 Å². The van der Waals surface area contributed by atoms with Crippen LogP contribution in [0, 0.1) is 0 Å². The van der Waals surface area contributed by atoms with Gasteiger partial charge in [0.05, 0.1) is 0 Å². The van der Waals surface area contributed by atoms with Crippen molar-refractivity contribution in [2.45, 2.75) is 13.8 Å². The van der Waals surface area contributed by atoms with Gasteiger partial charge >= 0.3 is 12.0 Å². The normalized spacial score (nSPS) is 9.87. The average Bonchev–Trinajstić information content (AvgIpc) is 3.14. The highest BCUT2D eigenvalue weighted by Gasteiger charge is 2.23. The fourth-order valence-electron chi connectivity index (χ4n) is 2.47. The van der Waals surface area contributed by atoms with E-state index in [4.69, 9.17) is 4.74 Å². The van der Waals surface area contributed by atoms with E-state index < -0.39 is 24.5 Å². The van der Waals surface area contributed by atoms with Gasteiger partial charge in [0.25, 0.3) is 5.91 Å². The Morgan fingerprint density at radius 2 is 1.84 bits per heavy atom. The van der Waals surface area contributed by atoms with Gasteiger partial charge < -0.3 is 15.4 Å². The molecule has 0 aliphatic heterocycles. The number of rotatable bonds is 8. The van der Waals surface area contributed by atoms with Crippen molar-refractivity contribution in [3.63, 3.8) is 0 Å². The Morgan fingerprint density at radius 1 is 1.13 bits per heavy atom. The highest BCUT2D eigenvalue weighted by atomic mass is 32.1. The third-order valence-electron chi connectivity index (χ3n) is 3.73. The zero-order valence-electron chi connectivity index (χ0n) is 17.2. The Hall–Kier alpha value is -3.72. The number of nitrogens with one attached hydrogen (secondary N) is 3. The lowest BCUT2D eigenvalue weighted by atomic mass is 10.0. The number of carbonyl (C=O) groups excluding carboxylic acids is 4. The summed E-state index contributed by atoms with van der Waals surface area (Å²) >= 11 is 1.17. The van der Waals surface area contributed by atoms with Crippen molar-refractivity contribution < 1.29 is 23.9 Å². The number of thiophene rings is 1. The third-order valence-corrected chi connectivity index (χ3v) is 4.63. The molecule has 162 valence electrons. The molecule has 0 aliphatic carbocycles. The summed E-state index contributed by atoms with van der Waals surface area (Å²) in [7, 11) is 0. The Labute approximate surface area is 184 Å². The molecule has 1 heterocycles. The first-order valence-electron chi connectivity index (χ1n) is 9.30. The van der Waals surface area contributed by atoms with Crippen molar-refractivity contribution in [2.75, 3.05) is 18.5 Å². The van der Waals surface area contributed by atoms with Crippen LogP contribution in [0.15, 0.2) is 60.0 Å². The maximum Gasteiger partial charge on any atom is 0.342 e. The predicted octanol–water partition coefficient (Wildman–Crippen LogP) is 3.49. The Bertz CT molecular complexity index is 1010. The van der Waals surface area contributed by atoms with Crippen LogP contribution >= 0.6 is 11.3 Å². The topological polar surface area (TPSA) is 114 Å². The minimum absolute atomic E-state index is 0.135. The number of ether oxygens (including phenoxy) is 1. The molecule has 0 unspecified atom stereocenters. The van der Waals surface area contributed by atoms with Gasteiger partial charge in [-0.2, -0.15) is 0 Å². The molecule has 0 saturated heterocycles. The molecule has 4 amide bonds. The molecule has 0 bridgehead atoms. The van der Waals surface area contributed by atoms with Crippen LogP contribution in [0.3, 0.4) is 0 Å². The van der Waals surface area contributed by atoms with E-state index in [9.17, 15) is 19.2 Å². The van der Waals surface area contributed by atoms with Gasteiger partial charge in [-0.3, -0.25) is 14.9 Å². The summed E-state index contributed by atoms with van der Waals surface area (Å²) in [4.78, 5) is 48.4. The summed E-state index contributed by atoms with van der Waals surface area (Å²) in [5, 5.41) is 9.13. The lowest BCUT2D eigenvalue weighted by Gasteiger charge is -2.09. The van der Waals surface area contributed by atoms with Gasteiger partial charge in [-0.25, -0.2) is 9.59 Å². The van der Waals surface area contributed by atoms with Gasteiger partial charge in [-0.05, 0) is 19.4 Å². The highest BCUT2D eigenvalue weighted by Crippen LogP contribution is 2.36. The van der Waals surface area contributed by atoms with Crippen molar-refractivity contribution in [3.05, 3.63) is 65.6 Å². The molecule has 0 spiro atoms. The molecule has 1 aromatic heterocycles. The Kier molecular flexibility index (Phi) is 8.71. The van der Waals surface area contributed by atoms with Crippen LogP contribution in [-0.2, 0) is 14.3 Å². The summed E-state index contributed by atoms with van der Waals surface area (Å²) in [6, 6.07) is 8.38. The quantitative estimate of drug-likeness (QED) is 0.330. The molecule has 2 aromatic rings. The van der Waals surface area contributed by atoms with E-state index in [2.05, 4.69) is 17.2 Å². The third kappa shape index (κ3) is 7.23. The second-order valence-corrected chi connectivity index (χ2v) is 7.43. The van der Waals surface area contributed by atoms with E-state index in [1.54, 1.807) is 19.2 Å². The van der Waals surface area contributed by atoms with Gasteiger partial charge in [-0.1, -0.05) is 42.0 Å². The standard InChI is InChI=1S/C22H23N3O5S/c1-4-10-23-22(29)25-18(27)12-30-21(28)19-16(15-8-6-5-7-9-15)13-31-20(19)24-17(26)11-14(2)3/h4-9,11,13H,1,10,12H2,2-3H3,(H,24,26)(H2,23,25,27,29). The average molecular weight is 442 g/mol. The molecule has 31 heavy (non-hydrogen) atoms. The van der Waals surface area contributed by atoms with Crippen LogP contribution in [-0.4, -0.2) is 37.0 Å². The van der Waals surface area contributed by atoms with E-state index in [1.165, 1.54) is 23.5 Å². The molecule has 8 nitrogen and oxygen atoms in total. The molecule has 0 fully saturated rings. The number of carbonyl (C=O) groups is 4. The van der Waals surface area contributed by atoms with Crippen molar-refractivity contribution in [1.29, 1.82) is 0 Å². The second-order valence-electron chi connectivity index (χ2n) is 6.55. The number of hydrogen-bond acceptors (Lipinski definition) is 6. The van der Waals surface area contributed by atoms with Crippen LogP contribution in [0.2, 0.25) is 0 Å². The van der Waals surface area contributed by atoms with E-state index in [1.807, 2.05) is 35.6 Å². The molecule has 3 N–H and O–H groups in total. The molecule has 0 radical (unpaired) electrons. The molecule has 1 aromatic carbocycles. The summed E-state index contributed by atoms with van der Waals surface area (Å²) in [5.74, 6) is -1.97. The highest BCUT2D eigenvalue weighted by molar-refractivity contribution is 7.15. The van der Waals surface area contributed by atoms with Gasteiger partial charge in [-0.15, -0.1) is 17.9 Å². The number of imide groups is 1. The lowest BCUT2D eigenvalue weighted by molar-refractivity contribution is -0.123. The van der Waals surface area contributed by atoms with Crippen LogP contribution < -0.4 is 16.0 Å². The number of urea groups is 1. The molecular weight excluding hydrogens is 418 g/mol. The van der Waals surface area contributed by atoms with Gasteiger partial charge in [0.1, 0.15) is 10.6 Å². The number of anilines is 1. The monoisotopic (exact) mass is 441 g/mol. The summed E-state index contributed by atoms with van der Waals surface area (Å²) in [6.45, 7) is 6.53. The van der Waals surface area contributed by atoms with Crippen molar-refractivity contribution in [2.24, 2.45) is 0 Å². The SMILES string of the molecule is C=CCNC(=O)NC(=O)COC(=O)c1c(-c2ccccc2)csc1NC(=O)C=C(C)C. The number of esters is 1. The summed E-state index contributed by atoms with van der Waals surface area (Å²) in [6.07, 6.45) is 2.86. The molecule has 0 atom stereocenters. The fraction of sp³-hybridized carbons (Fsp3) is 0.182. The van der Waals surface area contributed by atoms with Crippen molar-refractivity contribution >= 4 is 40.2 Å². The fourth-order valence-corrected chi connectivity index (χ4v) is 3.43. The second kappa shape index (κ2) is 11.5. The predicted molar refractivity (Wildman–Crippen MR) is 120 cm³/mol. The molecule has 2 rings (SSSR count). The minimum Gasteiger partial charge on any atom is -0.452 e. The maximum atomic E-state index is 12.8. The zero-order valence-corrected chi connectivity index (χ0v) is 18.0. The first-order chi connectivity index (χ1) is 14.8. The number of benzene rings is 1. The number of amides is 4. The van der Waals surface area contributed by atoms with Crippen LogP contribution in [0.4, 0.5) is 9.80 Å². The van der Waals surface area contributed by atoms with E-state index in [0.717, 1.165) is 11.1 Å². The van der Waals surface area contributed by atoms with E-state index >= 15 is 0 Å². The maximum absolute atomic E-state index is 12.8. The summed E-state index contributed by atoms with van der Waals surface area (Å²) in [5.41, 5.74) is 2.25. The largest absolute Gasteiger partial charge is 0.452 e. The van der Waals surface area contributed by atoms with Gasteiger partial charge in [0.2, 0.25) is 5.91 Å². The number of hydrogen-bond donors (Lipinski definition) is 3. The van der Waals surface area contributed by atoms with Crippen molar-refractivity contribution in [3.8, 4) is 11.1 Å². The van der Waals surface area contributed by atoms with Crippen molar-refractivity contribution in [1.82, 2.24) is 10.6 Å². The Morgan fingerprint density at radius 3 is 2.48 bits per heavy atom. The first kappa shape index (κ1) is 23.6. The van der Waals surface area contributed by atoms with Gasteiger partial charge in [0.15, 0.2) is 6.61 Å². The smallest absolute Gasteiger partial charge is 0.342 e. The zero-order chi connectivity index (χ0) is 22.8. The summed E-state index contributed by atoms with van der Waals surface area (Å²) < 4.78 is 5.11. The molecular formula is C22H23N3O5S.